The second-order valence-corrected chi connectivity index (χ2v) is 11.9. The van der Waals surface area contributed by atoms with Crippen LogP contribution in [0.25, 0.3) is 0 Å². The maximum atomic E-state index is 17.2. The minimum atomic E-state index is -2.46. The highest BCUT2D eigenvalue weighted by atomic mass is 19.1. The number of benzene rings is 1. The Hall–Kier alpha value is -3.48. The number of aliphatic hydroxyl groups excluding tert-OH is 2. The number of rotatable bonds is 6. The Balaban J connectivity index is 1.33. The molecule has 1 unspecified atom stereocenters. The number of aliphatic hydroxyl groups is 3. The molecule has 4 aliphatic rings. The van der Waals surface area contributed by atoms with Gasteiger partial charge in [-0.3, -0.25) is 19.7 Å². The highest BCUT2D eigenvalue weighted by Gasteiger charge is 2.76. The lowest BCUT2D eigenvalue weighted by molar-refractivity contribution is -0.385. The Morgan fingerprint density at radius 3 is 2.56 bits per heavy atom. The predicted molar refractivity (Wildman–Crippen MR) is 139 cm³/mol. The molecular weight excluding hydrogens is 541 g/mol. The zero-order chi connectivity index (χ0) is 30.0. The molecule has 0 radical (unpaired) electrons. The molecule has 0 aliphatic heterocycles. The van der Waals surface area contributed by atoms with E-state index in [0.29, 0.717) is 12.0 Å². The fraction of sp³-hybridized carbons (Fsp3) is 0.552. The number of carbonyl (C=O) groups is 3. The second-order valence-electron chi connectivity index (χ2n) is 11.9. The van der Waals surface area contributed by atoms with Crippen molar-refractivity contribution >= 4 is 23.4 Å². The van der Waals surface area contributed by atoms with Gasteiger partial charge in [0.25, 0.3) is 5.69 Å². The van der Waals surface area contributed by atoms with Gasteiger partial charge in [0.2, 0.25) is 5.78 Å². The van der Waals surface area contributed by atoms with Crippen LogP contribution in [0.15, 0.2) is 48.1 Å². The van der Waals surface area contributed by atoms with Crippen molar-refractivity contribution in [1.29, 1.82) is 0 Å². The monoisotopic (exact) mass is 573 g/mol. The summed E-state index contributed by atoms with van der Waals surface area (Å²) in [6.07, 6.45) is -0.304. The van der Waals surface area contributed by atoms with Crippen molar-refractivity contribution in [2.45, 2.75) is 69.6 Å². The molecule has 0 bridgehead atoms. The maximum absolute atomic E-state index is 17.2. The lowest BCUT2D eigenvalue weighted by Gasteiger charge is -2.62. The normalized spacial score (nSPS) is 39.2. The number of nitro benzene ring substituents is 1. The first-order chi connectivity index (χ1) is 19.2. The van der Waals surface area contributed by atoms with Crippen molar-refractivity contribution in [2.24, 2.45) is 22.7 Å². The molecule has 0 saturated heterocycles. The van der Waals surface area contributed by atoms with Gasteiger partial charge in [0.05, 0.1) is 22.7 Å². The first-order valence-corrected chi connectivity index (χ1v) is 13.5. The molecular formula is C29H32FNO10. The Morgan fingerprint density at radius 2 is 1.85 bits per heavy atom. The predicted octanol–water partition coefficient (Wildman–Crippen LogP) is 2.89. The number of ketones is 2. The molecule has 5 rings (SSSR count). The number of Topliss-reactive ketones (excluding diaryl/α,β-unsaturated/α-hetero) is 1. The number of halogens is 1. The largest absolute Gasteiger partial charge is 0.509 e. The molecule has 8 atom stereocenters. The molecule has 0 spiro atoms. The number of carbonyl (C=O) groups excluding carboxylic acids is 3. The summed E-state index contributed by atoms with van der Waals surface area (Å²) in [6.45, 7) is 1.67. The maximum Gasteiger partial charge on any atom is 0.509 e. The third kappa shape index (κ3) is 4.06. The quantitative estimate of drug-likeness (QED) is 0.261. The van der Waals surface area contributed by atoms with Crippen LogP contribution in [-0.4, -0.2) is 68.0 Å². The summed E-state index contributed by atoms with van der Waals surface area (Å²) in [4.78, 5) is 48.1. The van der Waals surface area contributed by atoms with E-state index >= 15 is 4.39 Å². The van der Waals surface area contributed by atoms with Crippen LogP contribution in [0, 0.1) is 32.8 Å². The van der Waals surface area contributed by atoms with Crippen molar-refractivity contribution < 1.29 is 48.5 Å². The van der Waals surface area contributed by atoms with E-state index in [1.165, 1.54) is 49.4 Å². The summed E-state index contributed by atoms with van der Waals surface area (Å²) in [5, 5.41) is 45.2. The van der Waals surface area contributed by atoms with Gasteiger partial charge in [0.15, 0.2) is 23.7 Å². The summed E-state index contributed by atoms with van der Waals surface area (Å²) < 4.78 is 27.0. The molecule has 0 amide bonds. The lowest BCUT2D eigenvalue weighted by Crippen LogP contribution is -2.69. The molecule has 4 aliphatic carbocycles. The number of para-hydroxylation sites is 1. The Kier molecular flexibility index (Phi) is 6.95. The molecule has 220 valence electrons. The van der Waals surface area contributed by atoms with Crippen LogP contribution in [0.5, 0.6) is 0 Å². The number of nitro groups is 1. The van der Waals surface area contributed by atoms with Gasteiger partial charge >= 0.3 is 6.16 Å². The van der Waals surface area contributed by atoms with Gasteiger partial charge in [-0.25, -0.2) is 9.18 Å². The van der Waals surface area contributed by atoms with Crippen LogP contribution in [0.3, 0.4) is 0 Å². The van der Waals surface area contributed by atoms with Crippen molar-refractivity contribution in [3.05, 3.63) is 63.7 Å². The van der Waals surface area contributed by atoms with Gasteiger partial charge in [0.1, 0.15) is 6.61 Å². The van der Waals surface area contributed by atoms with Gasteiger partial charge in [-0.1, -0.05) is 30.7 Å². The summed E-state index contributed by atoms with van der Waals surface area (Å²) in [7, 11) is 0. The van der Waals surface area contributed by atoms with Crippen LogP contribution >= 0.6 is 0 Å². The average molecular weight is 574 g/mol. The van der Waals surface area contributed by atoms with Crippen LogP contribution in [0.4, 0.5) is 14.9 Å². The Morgan fingerprint density at radius 1 is 1.15 bits per heavy atom. The minimum Gasteiger partial charge on any atom is -0.429 e. The van der Waals surface area contributed by atoms with Gasteiger partial charge in [-0.2, -0.15) is 0 Å². The standard InChI is InChI=1S/C29H32FNO10/c1-26-10-9-18(32)11-17(26)7-8-19-20-12-22(33)29(37,27(20,2)13-23(34)28(19,26)30)24(35)15-41-25(36)40-14-16-5-3-4-6-21(16)31(38)39/h3-6,9-11,19-20,22-23,33-34,37H,7-8,12-15H2,1-2H3/t19-,20-,22?,23-,26-,27-,28-,29-/m0/s1. The number of ether oxygens (including phenoxy) is 2. The fourth-order valence-corrected chi connectivity index (χ4v) is 7.95. The van der Waals surface area contributed by atoms with Crippen molar-refractivity contribution in [2.75, 3.05) is 6.61 Å². The van der Waals surface area contributed by atoms with E-state index in [1.54, 1.807) is 6.92 Å². The lowest BCUT2D eigenvalue weighted by atomic mass is 9.44. The van der Waals surface area contributed by atoms with Gasteiger partial charge in [-0.15, -0.1) is 0 Å². The highest BCUT2D eigenvalue weighted by molar-refractivity contribution is 6.01. The van der Waals surface area contributed by atoms with E-state index in [9.17, 15) is 39.8 Å². The molecule has 3 N–H and O–H groups in total. The van der Waals surface area contributed by atoms with Gasteiger partial charge in [0, 0.05) is 22.8 Å². The molecule has 3 saturated carbocycles. The molecule has 3 fully saturated rings. The van der Waals surface area contributed by atoms with Crippen molar-refractivity contribution in [3.63, 3.8) is 0 Å². The zero-order valence-electron chi connectivity index (χ0n) is 22.6. The minimum absolute atomic E-state index is 0.100. The molecule has 1 aromatic carbocycles. The van der Waals surface area contributed by atoms with E-state index in [-0.39, 0.29) is 36.3 Å². The van der Waals surface area contributed by atoms with Crippen LogP contribution in [0.1, 0.15) is 45.1 Å². The number of hydrogen-bond donors (Lipinski definition) is 3. The SMILES string of the molecule is C[C@]12C=CC(=O)C=C1CC[C@H]1[C@@H]3CC(O)[C@](O)(C(=O)COC(=O)OCc4ccccc4[N+](=O)[O-])[C@@]3(C)C[C@H](O)[C@@]12F. The number of hydrogen-bond acceptors (Lipinski definition) is 10. The summed E-state index contributed by atoms with van der Waals surface area (Å²) in [6, 6.07) is 5.60. The van der Waals surface area contributed by atoms with Crippen LogP contribution < -0.4 is 0 Å². The van der Waals surface area contributed by atoms with E-state index in [4.69, 9.17) is 9.47 Å². The molecule has 12 heteroatoms. The topological polar surface area (TPSA) is 174 Å². The van der Waals surface area contributed by atoms with E-state index in [1.807, 2.05) is 0 Å². The molecule has 11 nitrogen and oxygen atoms in total. The molecule has 41 heavy (non-hydrogen) atoms. The number of allylic oxidation sites excluding steroid dienone is 4. The van der Waals surface area contributed by atoms with Gasteiger partial charge in [-0.05, 0) is 56.7 Å². The average Bonchev–Trinajstić information content (AvgIpc) is 3.13. The summed E-state index contributed by atoms with van der Waals surface area (Å²) >= 11 is 0. The molecule has 0 heterocycles. The van der Waals surface area contributed by atoms with Crippen LogP contribution in [0.2, 0.25) is 0 Å². The van der Waals surface area contributed by atoms with Crippen molar-refractivity contribution in [1.82, 2.24) is 0 Å². The number of fused-ring (bicyclic) bond motifs is 5. The first kappa shape index (κ1) is 29.0. The summed E-state index contributed by atoms with van der Waals surface area (Å²) in [5.41, 5.74) is -7.02. The molecule has 0 aromatic heterocycles. The first-order valence-electron chi connectivity index (χ1n) is 13.5. The smallest absolute Gasteiger partial charge is 0.429 e. The van der Waals surface area contributed by atoms with E-state index < -0.39 is 76.2 Å². The Bertz CT molecular complexity index is 1380. The third-order valence-electron chi connectivity index (χ3n) is 10.1. The molecule has 1 aromatic rings. The highest BCUT2D eigenvalue weighted by Crippen LogP contribution is 2.69. The zero-order valence-corrected chi connectivity index (χ0v) is 22.6. The van der Waals surface area contributed by atoms with E-state index in [2.05, 4.69) is 0 Å². The Labute approximate surface area is 234 Å². The van der Waals surface area contributed by atoms with E-state index in [0.717, 1.165) is 0 Å². The fourth-order valence-electron chi connectivity index (χ4n) is 7.95. The van der Waals surface area contributed by atoms with Crippen molar-refractivity contribution in [3.8, 4) is 0 Å². The summed E-state index contributed by atoms with van der Waals surface area (Å²) in [5.74, 6) is -2.86. The second kappa shape index (κ2) is 9.81. The third-order valence-corrected chi connectivity index (χ3v) is 10.1. The number of alkyl halides is 1. The van der Waals surface area contributed by atoms with Gasteiger partial charge < -0.3 is 24.8 Å². The van der Waals surface area contributed by atoms with Crippen LogP contribution in [-0.2, 0) is 25.7 Å². The number of nitrogens with zero attached hydrogens (tertiary/aromatic N) is 1.